The molecule has 0 unspecified atom stereocenters. The van der Waals surface area contributed by atoms with Crippen molar-refractivity contribution in [2.75, 3.05) is 5.32 Å². The van der Waals surface area contributed by atoms with Crippen LogP contribution < -0.4 is 5.32 Å². The molecule has 0 saturated carbocycles. The van der Waals surface area contributed by atoms with Gasteiger partial charge >= 0.3 is 6.09 Å². The van der Waals surface area contributed by atoms with Crippen molar-refractivity contribution in [2.45, 2.75) is 53.4 Å². The van der Waals surface area contributed by atoms with Crippen LogP contribution in [0.5, 0.6) is 0 Å². The van der Waals surface area contributed by atoms with Gasteiger partial charge in [0.2, 0.25) is 0 Å². The highest BCUT2D eigenvalue weighted by Crippen LogP contribution is 2.34. The molecule has 3 nitrogen and oxygen atoms in total. The first kappa shape index (κ1) is 19.5. The molecule has 128 valence electrons. The van der Waals surface area contributed by atoms with Crippen molar-refractivity contribution in [3.8, 4) is 0 Å². The maximum Gasteiger partial charge on any atom is 0.416 e. The number of allylic oxidation sites excluding steroid dienone is 1. The van der Waals surface area contributed by atoms with E-state index >= 15 is 0 Å². The highest BCUT2D eigenvalue weighted by Gasteiger charge is 2.25. The number of anilines is 1. The molecule has 0 aliphatic rings. The van der Waals surface area contributed by atoms with Crippen LogP contribution in [-0.2, 0) is 10.2 Å². The van der Waals surface area contributed by atoms with Gasteiger partial charge in [0.15, 0.2) is 0 Å². The van der Waals surface area contributed by atoms with Crippen LogP contribution >= 0.6 is 11.6 Å². The fourth-order valence-corrected chi connectivity index (χ4v) is 2.24. The molecule has 1 N–H and O–H groups in total. The summed E-state index contributed by atoms with van der Waals surface area (Å²) in [5, 5.41) is 2.75. The van der Waals surface area contributed by atoms with Crippen molar-refractivity contribution in [1.82, 2.24) is 0 Å². The van der Waals surface area contributed by atoms with Gasteiger partial charge in [-0.1, -0.05) is 59.7 Å². The Balaban J connectivity index is 2.97. The normalized spacial score (nSPS) is 12.0. The Morgan fingerprint density at radius 3 is 2.35 bits per heavy atom. The number of benzene rings is 1. The van der Waals surface area contributed by atoms with E-state index in [1.54, 1.807) is 0 Å². The second-order valence-corrected chi connectivity index (χ2v) is 7.64. The largest absolute Gasteiger partial charge is 0.416 e. The standard InChI is InChI=1S/C18H25ClFNO2/c1-8-18(6,7)11(2)23-16(22)21-15-9-12(17(3,4)5)13(19)10-14(15)20/h9-10H,2,8H2,1,3-7H3,(H,21,22). The third kappa shape index (κ3) is 4.96. The summed E-state index contributed by atoms with van der Waals surface area (Å²) in [6.45, 7) is 15.5. The van der Waals surface area contributed by atoms with Crippen molar-refractivity contribution in [1.29, 1.82) is 0 Å². The van der Waals surface area contributed by atoms with Crippen LogP contribution in [0.4, 0.5) is 14.9 Å². The fraction of sp³-hybridized carbons (Fsp3) is 0.500. The third-order valence-corrected chi connectivity index (χ3v) is 4.27. The number of rotatable bonds is 4. The average Bonchev–Trinajstić information content (AvgIpc) is 2.40. The Morgan fingerprint density at radius 2 is 1.87 bits per heavy atom. The Morgan fingerprint density at radius 1 is 1.30 bits per heavy atom. The molecule has 0 radical (unpaired) electrons. The lowest BCUT2D eigenvalue weighted by Gasteiger charge is -2.25. The molecular formula is C18H25ClFNO2. The molecule has 0 atom stereocenters. The molecule has 5 heteroatoms. The van der Waals surface area contributed by atoms with Gasteiger partial charge in [-0.05, 0) is 29.5 Å². The van der Waals surface area contributed by atoms with Gasteiger partial charge in [0.1, 0.15) is 11.6 Å². The SMILES string of the molecule is C=C(OC(=O)Nc1cc(C(C)(C)C)c(Cl)cc1F)C(C)(C)CC. The molecule has 0 spiro atoms. The zero-order valence-electron chi connectivity index (χ0n) is 14.6. The van der Waals surface area contributed by atoms with E-state index in [-0.39, 0.29) is 16.5 Å². The van der Waals surface area contributed by atoms with E-state index in [4.69, 9.17) is 16.3 Å². The number of amides is 1. The van der Waals surface area contributed by atoms with E-state index in [9.17, 15) is 9.18 Å². The van der Waals surface area contributed by atoms with Gasteiger partial charge in [0.05, 0.1) is 5.69 Å². The van der Waals surface area contributed by atoms with Crippen molar-refractivity contribution in [3.63, 3.8) is 0 Å². The maximum absolute atomic E-state index is 14.0. The Kier molecular flexibility index (Phi) is 5.86. The third-order valence-electron chi connectivity index (χ3n) is 3.96. The fourth-order valence-electron chi connectivity index (χ4n) is 1.80. The van der Waals surface area contributed by atoms with Crippen molar-refractivity contribution < 1.29 is 13.9 Å². The predicted molar refractivity (Wildman–Crippen MR) is 93.4 cm³/mol. The van der Waals surface area contributed by atoms with Gasteiger partial charge in [0, 0.05) is 10.4 Å². The quantitative estimate of drug-likeness (QED) is 0.655. The zero-order valence-corrected chi connectivity index (χ0v) is 15.4. The minimum absolute atomic E-state index is 0.0337. The number of halogens is 2. The predicted octanol–water partition coefficient (Wildman–Crippen LogP) is 6.28. The number of nitrogens with one attached hydrogen (secondary N) is 1. The van der Waals surface area contributed by atoms with E-state index in [0.717, 1.165) is 12.0 Å². The molecule has 1 amide bonds. The summed E-state index contributed by atoms with van der Waals surface area (Å²) in [5.74, 6) is -0.275. The van der Waals surface area contributed by atoms with Crippen LogP contribution in [0.1, 0.15) is 53.5 Å². The monoisotopic (exact) mass is 341 g/mol. The molecule has 0 heterocycles. The van der Waals surface area contributed by atoms with Gasteiger partial charge in [-0.3, -0.25) is 5.32 Å². The van der Waals surface area contributed by atoms with Crippen LogP contribution in [0.2, 0.25) is 5.02 Å². The molecule has 0 aliphatic carbocycles. The molecule has 0 fully saturated rings. The summed E-state index contributed by atoms with van der Waals surface area (Å²) >= 11 is 6.09. The first-order valence-electron chi connectivity index (χ1n) is 7.56. The van der Waals surface area contributed by atoms with Gasteiger partial charge in [0.25, 0.3) is 0 Å². The van der Waals surface area contributed by atoms with Crippen LogP contribution in [0, 0.1) is 11.2 Å². The summed E-state index contributed by atoms with van der Waals surface area (Å²) in [6, 6.07) is 2.73. The lowest BCUT2D eigenvalue weighted by molar-refractivity contribution is 0.162. The summed E-state index contributed by atoms with van der Waals surface area (Å²) in [4.78, 5) is 12.0. The molecular weight excluding hydrogens is 317 g/mol. The molecule has 1 aromatic rings. The minimum Gasteiger partial charge on any atom is -0.415 e. The van der Waals surface area contributed by atoms with Gasteiger partial charge in [-0.15, -0.1) is 0 Å². The summed E-state index contributed by atoms with van der Waals surface area (Å²) in [5.41, 5.74) is 0.153. The minimum atomic E-state index is -0.766. The smallest absolute Gasteiger partial charge is 0.415 e. The van der Waals surface area contributed by atoms with E-state index < -0.39 is 11.9 Å². The van der Waals surface area contributed by atoms with E-state index in [0.29, 0.717) is 10.8 Å². The van der Waals surface area contributed by atoms with Crippen molar-refractivity contribution in [2.24, 2.45) is 5.41 Å². The van der Waals surface area contributed by atoms with Gasteiger partial charge in [-0.25, -0.2) is 9.18 Å². The van der Waals surface area contributed by atoms with E-state index in [1.807, 2.05) is 41.5 Å². The summed E-state index contributed by atoms with van der Waals surface area (Å²) in [7, 11) is 0. The highest BCUT2D eigenvalue weighted by atomic mass is 35.5. The lowest BCUT2D eigenvalue weighted by atomic mass is 9.86. The lowest BCUT2D eigenvalue weighted by Crippen LogP contribution is -2.22. The molecule has 0 aromatic heterocycles. The van der Waals surface area contributed by atoms with Crippen LogP contribution in [0.25, 0.3) is 0 Å². The maximum atomic E-state index is 14.0. The van der Waals surface area contributed by atoms with Gasteiger partial charge < -0.3 is 4.74 Å². The molecule has 0 aliphatic heterocycles. The summed E-state index contributed by atoms with van der Waals surface area (Å²) < 4.78 is 19.2. The Bertz CT molecular complexity index is 618. The first-order chi connectivity index (χ1) is 10.4. The van der Waals surface area contributed by atoms with Crippen LogP contribution in [0.3, 0.4) is 0 Å². The molecule has 1 rings (SSSR count). The first-order valence-corrected chi connectivity index (χ1v) is 7.94. The Hall–Kier alpha value is -1.55. The van der Waals surface area contributed by atoms with Crippen LogP contribution in [0.15, 0.2) is 24.5 Å². The molecule has 0 bridgehead atoms. The number of hydrogen-bond acceptors (Lipinski definition) is 2. The van der Waals surface area contributed by atoms with E-state index in [1.165, 1.54) is 12.1 Å². The zero-order chi connectivity index (χ0) is 18.0. The number of ether oxygens (including phenoxy) is 1. The molecule has 1 aromatic carbocycles. The molecule has 0 saturated heterocycles. The second kappa shape index (κ2) is 6.91. The Labute approximate surface area is 142 Å². The van der Waals surface area contributed by atoms with Crippen molar-refractivity contribution in [3.05, 3.63) is 40.9 Å². The highest BCUT2D eigenvalue weighted by molar-refractivity contribution is 6.31. The topological polar surface area (TPSA) is 38.3 Å². The van der Waals surface area contributed by atoms with E-state index in [2.05, 4.69) is 11.9 Å². The molecule has 23 heavy (non-hydrogen) atoms. The summed E-state index contributed by atoms with van der Waals surface area (Å²) in [6.07, 6.45) is 0.000355. The number of hydrogen-bond donors (Lipinski definition) is 1. The number of carbonyl (C=O) groups excluding carboxylic acids is 1. The van der Waals surface area contributed by atoms with Crippen LogP contribution in [-0.4, -0.2) is 6.09 Å². The second-order valence-electron chi connectivity index (χ2n) is 7.24. The van der Waals surface area contributed by atoms with Crippen molar-refractivity contribution >= 4 is 23.4 Å². The van der Waals surface area contributed by atoms with Gasteiger partial charge in [-0.2, -0.15) is 0 Å². The number of carbonyl (C=O) groups is 1. The average molecular weight is 342 g/mol.